The average molecular weight is 265 g/mol. The summed E-state index contributed by atoms with van der Waals surface area (Å²) in [5, 5.41) is 3.25. The highest BCUT2D eigenvalue weighted by molar-refractivity contribution is 5.38. The largest absolute Gasteiger partial charge is 0.494 e. The molecule has 106 valence electrons. The fraction of sp³-hybridized carbons (Fsp3) is 0.600. The third-order valence-corrected chi connectivity index (χ3v) is 3.40. The molecule has 1 aromatic carbocycles. The summed E-state index contributed by atoms with van der Waals surface area (Å²) in [7, 11) is 1.96. The van der Waals surface area contributed by atoms with Crippen molar-refractivity contribution in [1.82, 2.24) is 5.32 Å². The van der Waals surface area contributed by atoms with Crippen LogP contribution in [-0.2, 0) is 16.1 Å². The summed E-state index contributed by atoms with van der Waals surface area (Å²) in [6.07, 6.45) is 0.236. The zero-order valence-corrected chi connectivity index (χ0v) is 11.9. The van der Waals surface area contributed by atoms with Crippen molar-refractivity contribution in [2.45, 2.75) is 32.6 Å². The van der Waals surface area contributed by atoms with Gasteiger partial charge in [-0.25, -0.2) is 0 Å². The number of benzene rings is 1. The van der Waals surface area contributed by atoms with Crippen molar-refractivity contribution in [1.29, 1.82) is 0 Å². The van der Waals surface area contributed by atoms with Gasteiger partial charge in [0.1, 0.15) is 11.9 Å². The first kappa shape index (κ1) is 14.3. The molecule has 2 rings (SSSR count). The van der Waals surface area contributed by atoms with Gasteiger partial charge in [0.15, 0.2) is 0 Å². The molecule has 1 unspecified atom stereocenters. The fourth-order valence-corrected chi connectivity index (χ4v) is 1.96. The lowest BCUT2D eigenvalue weighted by Crippen LogP contribution is -2.35. The molecule has 1 atom stereocenters. The Morgan fingerprint density at radius 2 is 2.21 bits per heavy atom. The first-order chi connectivity index (χ1) is 9.24. The van der Waals surface area contributed by atoms with Crippen LogP contribution in [0.4, 0.5) is 0 Å². The first-order valence-corrected chi connectivity index (χ1v) is 6.86. The maximum absolute atomic E-state index is 5.79. The van der Waals surface area contributed by atoms with Crippen LogP contribution in [0.3, 0.4) is 0 Å². The Labute approximate surface area is 115 Å². The predicted molar refractivity (Wildman–Crippen MR) is 74.5 cm³/mol. The van der Waals surface area contributed by atoms with E-state index in [1.165, 1.54) is 5.56 Å². The van der Waals surface area contributed by atoms with E-state index in [4.69, 9.17) is 14.2 Å². The quantitative estimate of drug-likeness (QED) is 0.821. The number of nitrogens with one attached hydrogen (secondary N) is 1. The van der Waals surface area contributed by atoms with Gasteiger partial charge in [-0.3, -0.25) is 0 Å². The zero-order valence-electron chi connectivity index (χ0n) is 11.9. The molecule has 1 N–H and O–H groups in total. The topological polar surface area (TPSA) is 39.7 Å². The summed E-state index contributed by atoms with van der Waals surface area (Å²) in [6.45, 7) is 6.79. The summed E-state index contributed by atoms with van der Waals surface area (Å²) in [5.41, 5.74) is 2.35. The summed E-state index contributed by atoms with van der Waals surface area (Å²) in [6, 6.07) is 6.61. The molecule has 0 saturated carbocycles. The third-order valence-electron chi connectivity index (χ3n) is 3.40. The van der Waals surface area contributed by atoms with Crippen LogP contribution >= 0.6 is 0 Å². The lowest BCUT2D eigenvalue weighted by Gasteiger charge is -2.26. The Kier molecular flexibility index (Phi) is 5.19. The van der Waals surface area contributed by atoms with Gasteiger partial charge in [-0.15, -0.1) is 0 Å². The van der Waals surface area contributed by atoms with Crippen molar-refractivity contribution in [3.8, 4) is 5.75 Å². The fourth-order valence-electron chi connectivity index (χ4n) is 1.96. The van der Waals surface area contributed by atoms with Gasteiger partial charge in [-0.1, -0.05) is 6.07 Å². The molecular formula is C15H23NO3. The minimum Gasteiger partial charge on any atom is -0.494 e. The van der Waals surface area contributed by atoms with E-state index in [2.05, 4.69) is 24.4 Å². The van der Waals surface area contributed by atoms with Crippen molar-refractivity contribution in [3.05, 3.63) is 29.3 Å². The molecule has 0 spiro atoms. The van der Waals surface area contributed by atoms with E-state index in [0.29, 0.717) is 32.5 Å². The Bertz CT molecular complexity index is 404. The first-order valence-electron chi connectivity index (χ1n) is 6.86. The normalized spacial score (nSPS) is 17.0. The number of hydrogen-bond donors (Lipinski definition) is 1. The van der Waals surface area contributed by atoms with Crippen molar-refractivity contribution in [3.63, 3.8) is 0 Å². The molecule has 0 amide bonds. The molecule has 19 heavy (non-hydrogen) atoms. The molecular weight excluding hydrogens is 242 g/mol. The molecule has 0 bridgehead atoms. The van der Waals surface area contributed by atoms with Gasteiger partial charge in [0.05, 0.1) is 26.4 Å². The van der Waals surface area contributed by atoms with Crippen molar-refractivity contribution in [2.24, 2.45) is 0 Å². The van der Waals surface area contributed by atoms with E-state index in [-0.39, 0.29) is 6.10 Å². The van der Waals surface area contributed by atoms with Crippen LogP contribution in [0.5, 0.6) is 5.75 Å². The van der Waals surface area contributed by atoms with Crippen LogP contribution in [0.15, 0.2) is 18.2 Å². The molecule has 1 aromatic rings. The molecule has 1 saturated heterocycles. The summed E-state index contributed by atoms with van der Waals surface area (Å²) in [4.78, 5) is 0. The SMILES string of the molecule is CCOc1ccc(C(C)NC)cc1COC1COC1. The highest BCUT2D eigenvalue weighted by Gasteiger charge is 2.19. The number of hydrogen-bond acceptors (Lipinski definition) is 4. The maximum Gasteiger partial charge on any atom is 0.124 e. The van der Waals surface area contributed by atoms with E-state index in [1.807, 2.05) is 20.0 Å². The van der Waals surface area contributed by atoms with E-state index >= 15 is 0 Å². The molecule has 0 aliphatic carbocycles. The number of rotatable bonds is 7. The van der Waals surface area contributed by atoms with E-state index in [0.717, 1.165) is 11.3 Å². The molecule has 4 nitrogen and oxygen atoms in total. The smallest absolute Gasteiger partial charge is 0.124 e. The highest BCUT2D eigenvalue weighted by Crippen LogP contribution is 2.25. The van der Waals surface area contributed by atoms with Crippen LogP contribution < -0.4 is 10.1 Å². The lowest BCUT2D eigenvalue weighted by atomic mass is 10.0. The van der Waals surface area contributed by atoms with Gasteiger partial charge < -0.3 is 19.5 Å². The molecule has 1 heterocycles. The van der Waals surface area contributed by atoms with E-state index in [1.54, 1.807) is 0 Å². The van der Waals surface area contributed by atoms with Gasteiger partial charge >= 0.3 is 0 Å². The van der Waals surface area contributed by atoms with Crippen molar-refractivity contribution < 1.29 is 14.2 Å². The number of ether oxygens (including phenoxy) is 3. The van der Waals surface area contributed by atoms with E-state index in [9.17, 15) is 0 Å². The maximum atomic E-state index is 5.79. The van der Waals surface area contributed by atoms with Crippen LogP contribution in [-0.4, -0.2) is 33.0 Å². The Balaban J connectivity index is 2.09. The Morgan fingerprint density at radius 1 is 1.42 bits per heavy atom. The molecule has 1 aliphatic rings. The van der Waals surface area contributed by atoms with Crippen LogP contribution in [0.1, 0.15) is 31.0 Å². The van der Waals surface area contributed by atoms with Gasteiger partial charge in [0, 0.05) is 11.6 Å². The second kappa shape index (κ2) is 6.89. The molecule has 0 aromatic heterocycles. The Morgan fingerprint density at radius 3 is 2.79 bits per heavy atom. The van der Waals surface area contributed by atoms with Gasteiger partial charge in [-0.05, 0) is 38.6 Å². The molecule has 0 radical (unpaired) electrons. The zero-order chi connectivity index (χ0) is 13.7. The van der Waals surface area contributed by atoms with Crippen LogP contribution in [0, 0.1) is 0 Å². The van der Waals surface area contributed by atoms with Crippen molar-refractivity contribution in [2.75, 3.05) is 26.9 Å². The minimum atomic E-state index is 0.236. The van der Waals surface area contributed by atoms with Crippen molar-refractivity contribution >= 4 is 0 Å². The molecule has 1 aliphatic heterocycles. The summed E-state index contributed by atoms with van der Waals surface area (Å²) >= 11 is 0. The standard InChI is InChI=1S/C15H23NO3/c1-4-18-15-6-5-12(11(2)16-3)7-13(15)8-19-14-9-17-10-14/h5-7,11,14,16H,4,8-10H2,1-3H3. The third kappa shape index (κ3) is 3.69. The monoisotopic (exact) mass is 265 g/mol. The van der Waals surface area contributed by atoms with Gasteiger partial charge in [0.2, 0.25) is 0 Å². The minimum absolute atomic E-state index is 0.236. The second-order valence-corrected chi connectivity index (χ2v) is 4.78. The lowest BCUT2D eigenvalue weighted by molar-refractivity contribution is -0.135. The average Bonchev–Trinajstić information content (AvgIpc) is 2.38. The van der Waals surface area contributed by atoms with Gasteiger partial charge in [0.25, 0.3) is 0 Å². The van der Waals surface area contributed by atoms with Gasteiger partial charge in [-0.2, -0.15) is 0 Å². The Hall–Kier alpha value is -1.10. The molecule has 4 heteroatoms. The summed E-state index contributed by atoms with van der Waals surface area (Å²) in [5.74, 6) is 0.912. The van der Waals surface area contributed by atoms with Crippen LogP contribution in [0.2, 0.25) is 0 Å². The summed E-state index contributed by atoms with van der Waals surface area (Å²) < 4.78 is 16.6. The van der Waals surface area contributed by atoms with E-state index < -0.39 is 0 Å². The highest BCUT2D eigenvalue weighted by atomic mass is 16.6. The van der Waals surface area contributed by atoms with Crippen LogP contribution in [0.25, 0.3) is 0 Å². The predicted octanol–water partition coefficient (Wildman–Crippen LogP) is 2.28. The molecule has 1 fully saturated rings. The second-order valence-electron chi connectivity index (χ2n) is 4.78.